The van der Waals surface area contributed by atoms with Crippen LogP contribution in [0.2, 0.25) is 0 Å². The summed E-state index contributed by atoms with van der Waals surface area (Å²) in [5.74, 6) is 0.830. The van der Waals surface area contributed by atoms with Gasteiger partial charge in [-0.2, -0.15) is 13.2 Å². The number of pyridine rings is 1. The number of carbonyl (C=O) groups excluding carboxylic acids is 1. The van der Waals surface area contributed by atoms with E-state index >= 15 is 0 Å². The van der Waals surface area contributed by atoms with Crippen molar-refractivity contribution in [2.45, 2.75) is 19.0 Å². The molecule has 0 saturated carbocycles. The van der Waals surface area contributed by atoms with Crippen LogP contribution < -0.4 is 10.1 Å². The highest BCUT2D eigenvalue weighted by molar-refractivity contribution is 6.00. The molecule has 4 rings (SSSR count). The monoisotopic (exact) mass is 445 g/mol. The number of likely N-dealkylation sites (tertiary alicyclic amines) is 1. The van der Waals surface area contributed by atoms with Crippen molar-refractivity contribution in [3.8, 4) is 17.0 Å². The number of rotatable bonds is 6. The quantitative estimate of drug-likeness (QED) is 0.575. The predicted molar refractivity (Wildman–Crippen MR) is 113 cm³/mol. The summed E-state index contributed by atoms with van der Waals surface area (Å²) in [6.45, 7) is 2.93. The summed E-state index contributed by atoms with van der Waals surface area (Å²) in [6, 6.07) is 4.65. The minimum atomic E-state index is -4.57. The van der Waals surface area contributed by atoms with Gasteiger partial charge in [-0.25, -0.2) is 0 Å². The first-order valence-corrected chi connectivity index (χ1v) is 10.2. The Bertz CT molecular complexity index is 1110. The molecule has 0 spiro atoms. The van der Waals surface area contributed by atoms with E-state index in [-0.39, 0.29) is 17.8 Å². The van der Waals surface area contributed by atoms with Crippen LogP contribution in [0, 0.1) is 5.92 Å². The molecule has 0 aliphatic carbocycles. The molecule has 0 amide bonds. The van der Waals surface area contributed by atoms with Crippen LogP contribution in [0.25, 0.3) is 22.0 Å². The predicted octanol–water partition coefficient (Wildman–Crippen LogP) is 4.00. The summed E-state index contributed by atoms with van der Waals surface area (Å²) in [7, 11) is 2.11. The van der Waals surface area contributed by atoms with E-state index in [2.05, 4.69) is 32.4 Å². The molecule has 0 bridgehead atoms. The highest BCUT2D eigenvalue weighted by Crippen LogP contribution is 2.39. The van der Waals surface area contributed by atoms with E-state index in [1.807, 2.05) is 0 Å². The second-order valence-corrected chi connectivity index (χ2v) is 7.87. The Balaban J connectivity index is 1.69. The largest absolute Gasteiger partial charge is 0.428 e. The van der Waals surface area contributed by atoms with Gasteiger partial charge in [0, 0.05) is 35.3 Å². The molecule has 10 heteroatoms. The SMILES string of the molecule is CN1CCC(CNc2nnc(-c3ccc(C(F)(F)F)cc3OC=O)c3ccncc23)CC1. The first kappa shape index (κ1) is 21.9. The van der Waals surface area contributed by atoms with Crippen molar-refractivity contribution >= 4 is 23.1 Å². The second kappa shape index (κ2) is 9.07. The third-order valence-corrected chi connectivity index (χ3v) is 5.72. The van der Waals surface area contributed by atoms with Gasteiger partial charge >= 0.3 is 6.18 Å². The van der Waals surface area contributed by atoms with Crippen LogP contribution in [0.1, 0.15) is 18.4 Å². The zero-order chi connectivity index (χ0) is 22.7. The van der Waals surface area contributed by atoms with Gasteiger partial charge in [0.05, 0.1) is 5.56 Å². The fourth-order valence-corrected chi connectivity index (χ4v) is 3.88. The van der Waals surface area contributed by atoms with Gasteiger partial charge in [-0.05, 0) is 63.2 Å². The van der Waals surface area contributed by atoms with Crippen molar-refractivity contribution < 1.29 is 22.7 Å². The fraction of sp³-hybridized carbons (Fsp3) is 0.364. The molecule has 1 saturated heterocycles. The molecule has 2 aromatic heterocycles. The zero-order valence-electron chi connectivity index (χ0n) is 17.4. The van der Waals surface area contributed by atoms with Gasteiger partial charge in [0.25, 0.3) is 6.47 Å². The number of anilines is 1. The van der Waals surface area contributed by atoms with Crippen molar-refractivity contribution in [3.05, 3.63) is 42.2 Å². The van der Waals surface area contributed by atoms with Gasteiger partial charge in [0.1, 0.15) is 11.4 Å². The van der Waals surface area contributed by atoms with Crippen molar-refractivity contribution in [2.75, 3.05) is 32.0 Å². The molecular formula is C22H22F3N5O2. The topological polar surface area (TPSA) is 80.2 Å². The van der Waals surface area contributed by atoms with Crippen LogP contribution in [-0.2, 0) is 11.0 Å². The Hall–Kier alpha value is -3.27. The molecule has 1 N–H and O–H groups in total. The molecule has 1 aromatic carbocycles. The van der Waals surface area contributed by atoms with E-state index in [0.717, 1.165) is 44.6 Å². The lowest BCUT2D eigenvalue weighted by Crippen LogP contribution is -2.33. The van der Waals surface area contributed by atoms with Crippen LogP contribution in [0.5, 0.6) is 5.75 Å². The summed E-state index contributed by atoms with van der Waals surface area (Å²) in [5, 5.41) is 13.2. The maximum atomic E-state index is 13.1. The minimum absolute atomic E-state index is 0.0910. The molecule has 1 fully saturated rings. The van der Waals surface area contributed by atoms with E-state index in [0.29, 0.717) is 28.2 Å². The fourth-order valence-electron chi connectivity index (χ4n) is 3.88. The normalized spacial score (nSPS) is 15.6. The van der Waals surface area contributed by atoms with E-state index in [4.69, 9.17) is 4.74 Å². The van der Waals surface area contributed by atoms with Crippen LogP contribution in [0.3, 0.4) is 0 Å². The Morgan fingerprint density at radius 1 is 1.19 bits per heavy atom. The molecule has 0 unspecified atom stereocenters. The minimum Gasteiger partial charge on any atom is -0.428 e. The van der Waals surface area contributed by atoms with Gasteiger partial charge in [0.2, 0.25) is 0 Å². The summed E-state index contributed by atoms with van der Waals surface area (Å²) in [4.78, 5) is 17.4. The van der Waals surface area contributed by atoms with Gasteiger partial charge < -0.3 is 15.0 Å². The Morgan fingerprint density at radius 3 is 2.69 bits per heavy atom. The van der Waals surface area contributed by atoms with Crippen molar-refractivity contribution in [1.82, 2.24) is 20.1 Å². The molecule has 0 atom stereocenters. The number of piperidine rings is 1. The average Bonchev–Trinajstić information content (AvgIpc) is 2.78. The molecule has 1 aliphatic rings. The van der Waals surface area contributed by atoms with Crippen LogP contribution in [0.4, 0.5) is 19.0 Å². The van der Waals surface area contributed by atoms with Crippen molar-refractivity contribution in [3.63, 3.8) is 0 Å². The van der Waals surface area contributed by atoms with Gasteiger partial charge in [-0.15, -0.1) is 10.2 Å². The maximum absolute atomic E-state index is 13.1. The molecule has 3 aromatic rings. The molecule has 1 aliphatic heterocycles. The number of alkyl halides is 3. The number of halogens is 3. The second-order valence-electron chi connectivity index (χ2n) is 7.87. The number of aromatic nitrogens is 3. The highest BCUT2D eigenvalue weighted by atomic mass is 19.4. The average molecular weight is 445 g/mol. The first-order chi connectivity index (χ1) is 15.4. The summed E-state index contributed by atoms with van der Waals surface area (Å²) in [6.07, 6.45) is 0.804. The lowest BCUT2D eigenvalue weighted by molar-refractivity contribution is -0.138. The summed E-state index contributed by atoms with van der Waals surface area (Å²) >= 11 is 0. The van der Waals surface area contributed by atoms with Gasteiger partial charge in [-0.3, -0.25) is 9.78 Å². The standard InChI is InChI=1S/C22H22F3N5O2/c1-30-8-5-14(6-9-30)11-27-21-18-12-26-7-4-16(18)20(28-29-21)17-3-2-15(22(23,24)25)10-19(17)32-13-31/h2-4,7,10,12-14H,5-6,8-9,11H2,1H3,(H,27,29). The maximum Gasteiger partial charge on any atom is 0.416 e. The molecule has 168 valence electrons. The number of carbonyl (C=O) groups is 1. The van der Waals surface area contributed by atoms with E-state index in [1.54, 1.807) is 18.5 Å². The molecule has 32 heavy (non-hydrogen) atoms. The lowest BCUT2D eigenvalue weighted by atomic mass is 9.97. The highest BCUT2D eigenvalue weighted by Gasteiger charge is 2.32. The Kier molecular flexibility index (Phi) is 6.22. The van der Waals surface area contributed by atoms with Gasteiger partial charge in [-0.1, -0.05) is 0 Å². The first-order valence-electron chi connectivity index (χ1n) is 10.2. The third kappa shape index (κ3) is 4.64. The molecule has 3 heterocycles. The Morgan fingerprint density at radius 2 is 1.97 bits per heavy atom. The molecular weight excluding hydrogens is 423 g/mol. The summed E-state index contributed by atoms with van der Waals surface area (Å²) < 4.78 is 44.2. The van der Waals surface area contributed by atoms with Crippen molar-refractivity contribution in [1.29, 1.82) is 0 Å². The number of hydrogen-bond donors (Lipinski definition) is 1. The van der Waals surface area contributed by atoms with Gasteiger partial charge in [0.15, 0.2) is 5.82 Å². The number of nitrogens with zero attached hydrogens (tertiary/aromatic N) is 4. The van der Waals surface area contributed by atoms with Crippen molar-refractivity contribution in [2.24, 2.45) is 5.92 Å². The van der Waals surface area contributed by atoms with E-state index in [1.165, 1.54) is 6.07 Å². The number of fused-ring (bicyclic) bond motifs is 1. The number of hydrogen-bond acceptors (Lipinski definition) is 7. The van der Waals surface area contributed by atoms with E-state index < -0.39 is 11.7 Å². The molecule has 0 radical (unpaired) electrons. The van der Waals surface area contributed by atoms with E-state index in [9.17, 15) is 18.0 Å². The summed E-state index contributed by atoms with van der Waals surface area (Å²) in [5.41, 5.74) is -0.387. The molecule has 7 nitrogen and oxygen atoms in total. The Labute approximate surface area is 182 Å². The smallest absolute Gasteiger partial charge is 0.416 e. The van der Waals surface area contributed by atoms with Crippen LogP contribution in [0.15, 0.2) is 36.7 Å². The zero-order valence-corrected chi connectivity index (χ0v) is 17.4. The van der Waals surface area contributed by atoms with Crippen LogP contribution >= 0.6 is 0 Å². The lowest BCUT2D eigenvalue weighted by Gasteiger charge is -2.29. The number of nitrogens with one attached hydrogen (secondary N) is 1. The van der Waals surface area contributed by atoms with Crippen LogP contribution in [-0.4, -0.2) is 53.2 Å². The number of ether oxygens (including phenoxy) is 1. The third-order valence-electron chi connectivity index (χ3n) is 5.72. The number of benzene rings is 1.